The smallest absolute Gasteiger partial charge is 0.323 e. The standard InChI is InChI=1S/C18H17N5O3S/c1-2-12-4-3-5-13(8-12)21-16(25)10-20-15(24)9-14-11-27-18(22-14)23-7-6-19-17(23)26/h1,3-5,8,11H,6-7,9-10H2,(H,19,26)(H,20,24)(H,21,25). The highest BCUT2D eigenvalue weighted by atomic mass is 32.1. The predicted molar refractivity (Wildman–Crippen MR) is 103 cm³/mol. The quantitative estimate of drug-likeness (QED) is 0.646. The average molecular weight is 383 g/mol. The van der Waals surface area contributed by atoms with E-state index in [4.69, 9.17) is 6.42 Å². The van der Waals surface area contributed by atoms with Gasteiger partial charge in [-0.15, -0.1) is 17.8 Å². The molecule has 1 saturated heterocycles. The molecule has 3 rings (SSSR count). The van der Waals surface area contributed by atoms with Crippen molar-refractivity contribution in [2.45, 2.75) is 6.42 Å². The van der Waals surface area contributed by atoms with Crippen molar-refractivity contribution in [2.24, 2.45) is 0 Å². The Hall–Kier alpha value is -3.38. The fraction of sp³-hybridized carbons (Fsp3) is 0.222. The van der Waals surface area contributed by atoms with Gasteiger partial charge in [0.1, 0.15) is 0 Å². The van der Waals surface area contributed by atoms with Gasteiger partial charge in [0.15, 0.2) is 5.13 Å². The van der Waals surface area contributed by atoms with E-state index in [1.165, 1.54) is 16.2 Å². The molecule has 4 amide bonds. The van der Waals surface area contributed by atoms with Crippen LogP contribution in [0.5, 0.6) is 0 Å². The SMILES string of the molecule is C#Cc1cccc(NC(=O)CNC(=O)Cc2csc(N3CCNC3=O)n2)c1. The van der Waals surface area contributed by atoms with Crippen LogP contribution in [0, 0.1) is 12.3 Å². The molecule has 0 atom stereocenters. The molecule has 0 aliphatic carbocycles. The summed E-state index contributed by atoms with van der Waals surface area (Å²) in [5.74, 6) is 1.80. The Bertz CT molecular complexity index is 918. The van der Waals surface area contributed by atoms with Crippen molar-refractivity contribution < 1.29 is 14.4 Å². The number of nitrogens with one attached hydrogen (secondary N) is 3. The number of terminal acetylenes is 1. The number of hydrogen-bond donors (Lipinski definition) is 3. The third kappa shape index (κ3) is 4.83. The predicted octanol–water partition coefficient (Wildman–Crippen LogP) is 0.951. The maximum Gasteiger partial charge on any atom is 0.323 e. The van der Waals surface area contributed by atoms with Crippen LogP contribution in [0.4, 0.5) is 15.6 Å². The third-order valence-electron chi connectivity index (χ3n) is 3.73. The van der Waals surface area contributed by atoms with Crippen LogP contribution in [0.25, 0.3) is 0 Å². The highest BCUT2D eigenvalue weighted by molar-refractivity contribution is 7.14. The molecule has 1 aromatic carbocycles. The van der Waals surface area contributed by atoms with E-state index in [0.717, 1.165) is 0 Å². The zero-order valence-corrected chi connectivity index (χ0v) is 15.1. The molecule has 3 N–H and O–H groups in total. The number of aromatic nitrogens is 1. The summed E-state index contributed by atoms with van der Waals surface area (Å²) in [5, 5.41) is 10.2. The van der Waals surface area contributed by atoms with Gasteiger partial charge in [-0.3, -0.25) is 14.5 Å². The molecule has 1 aliphatic rings. The summed E-state index contributed by atoms with van der Waals surface area (Å²) in [4.78, 5) is 41.4. The molecule has 0 unspecified atom stereocenters. The summed E-state index contributed by atoms with van der Waals surface area (Å²) in [6, 6.07) is 6.69. The van der Waals surface area contributed by atoms with Crippen molar-refractivity contribution in [2.75, 3.05) is 29.9 Å². The van der Waals surface area contributed by atoms with Crippen molar-refractivity contribution in [3.05, 3.63) is 40.9 Å². The van der Waals surface area contributed by atoms with Crippen LogP contribution in [0.3, 0.4) is 0 Å². The van der Waals surface area contributed by atoms with Gasteiger partial charge in [-0.1, -0.05) is 12.0 Å². The van der Waals surface area contributed by atoms with Crippen LogP contribution in [0.1, 0.15) is 11.3 Å². The Morgan fingerprint density at radius 3 is 2.96 bits per heavy atom. The zero-order valence-electron chi connectivity index (χ0n) is 14.3. The van der Waals surface area contributed by atoms with Gasteiger partial charge in [0, 0.05) is 29.7 Å². The molecule has 27 heavy (non-hydrogen) atoms. The van der Waals surface area contributed by atoms with E-state index < -0.39 is 0 Å². The number of thiazole rings is 1. The molecule has 2 heterocycles. The average Bonchev–Trinajstić information content (AvgIpc) is 3.28. The fourth-order valence-corrected chi connectivity index (χ4v) is 3.30. The van der Waals surface area contributed by atoms with Crippen molar-refractivity contribution in [3.8, 4) is 12.3 Å². The van der Waals surface area contributed by atoms with Crippen molar-refractivity contribution in [3.63, 3.8) is 0 Å². The number of carbonyl (C=O) groups excluding carboxylic acids is 3. The Morgan fingerprint density at radius 1 is 1.37 bits per heavy atom. The minimum absolute atomic E-state index is 0.0335. The molecule has 0 bridgehead atoms. The number of hydrogen-bond acceptors (Lipinski definition) is 5. The second-order valence-electron chi connectivity index (χ2n) is 5.73. The fourth-order valence-electron chi connectivity index (χ4n) is 2.45. The minimum Gasteiger partial charge on any atom is -0.347 e. The summed E-state index contributed by atoms with van der Waals surface area (Å²) in [6.07, 6.45) is 5.35. The van der Waals surface area contributed by atoms with Gasteiger partial charge in [0.25, 0.3) is 0 Å². The molecule has 1 fully saturated rings. The van der Waals surface area contributed by atoms with E-state index in [0.29, 0.717) is 35.2 Å². The van der Waals surface area contributed by atoms with E-state index in [1.54, 1.807) is 29.6 Å². The van der Waals surface area contributed by atoms with E-state index in [9.17, 15) is 14.4 Å². The Labute approximate surface area is 160 Å². The number of rotatable bonds is 6. The van der Waals surface area contributed by atoms with Crippen LogP contribution in [0.2, 0.25) is 0 Å². The molecule has 1 aromatic heterocycles. The normalized spacial score (nSPS) is 13.0. The summed E-state index contributed by atoms with van der Waals surface area (Å²) >= 11 is 1.30. The molecule has 0 radical (unpaired) electrons. The number of carbonyl (C=O) groups is 3. The maximum atomic E-state index is 12.0. The van der Waals surface area contributed by atoms with Crippen molar-refractivity contribution in [1.82, 2.24) is 15.6 Å². The van der Waals surface area contributed by atoms with Crippen LogP contribution in [-0.4, -0.2) is 42.5 Å². The summed E-state index contributed by atoms with van der Waals surface area (Å²) in [5.41, 5.74) is 1.77. The first kappa shape index (κ1) is 18.4. The number of anilines is 2. The molecule has 0 saturated carbocycles. The lowest BCUT2D eigenvalue weighted by molar-refractivity contribution is -0.123. The topological polar surface area (TPSA) is 103 Å². The van der Waals surface area contributed by atoms with Gasteiger partial charge >= 0.3 is 6.03 Å². The van der Waals surface area contributed by atoms with Gasteiger partial charge in [-0.05, 0) is 18.2 Å². The number of benzene rings is 1. The van der Waals surface area contributed by atoms with Crippen LogP contribution in [0.15, 0.2) is 29.6 Å². The van der Waals surface area contributed by atoms with Gasteiger partial charge in [0.05, 0.1) is 18.7 Å². The lowest BCUT2D eigenvalue weighted by Crippen LogP contribution is -2.33. The summed E-state index contributed by atoms with van der Waals surface area (Å²) in [7, 11) is 0. The molecule has 8 nitrogen and oxygen atoms in total. The monoisotopic (exact) mass is 383 g/mol. The lowest BCUT2D eigenvalue weighted by Gasteiger charge is -2.08. The number of amides is 4. The molecule has 2 aromatic rings. The summed E-state index contributed by atoms with van der Waals surface area (Å²) < 4.78 is 0. The van der Waals surface area contributed by atoms with E-state index in [2.05, 4.69) is 26.9 Å². The second-order valence-corrected chi connectivity index (χ2v) is 6.57. The Balaban J connectivity index is 1.47. The zero-order chi connectivity index (χ0) is 19.2. The number of urea groups is 1. The van der Waals surface area contributed by atoms with E-state index in [-0.39, 0.29) is 30.8 Å². The summed E-state index contributed by atoms with van der Waals surface area (Å²) in [6.45, 7) is 0.970. The first-order chi connectivity index (χ1) is 13.0. The van der Waals surface area contributed by atoms with E-state index >= 15 is 0 Å². The largest absolute Gasteiger partial charge is 0.347 e. The maximum absolute atomic E-state index is 12.0. The van der Waals surface area contributed by atoms with Crippen LogP contribution < -0.4 is 20.9 Å². The van der Waals surface area contributed by atoms with Gasteiger partial charge in [0.2, 0.25) is 11.8 Å². The molecular formula is C18H17N5O3S. The highest BCUT2D eigenvalue weighted by Gasteiger charge is 2.24. The van der Waals surface area contributed by atoms with Crippen molar-refractivity contribution >= 4 is 40.0 Å². The molecule has 9 heteroatoms. The highest BCUT2D eigenvalue weighted by Crippen LogP contribution is 2.22. The Morgan fingerprint density at radius 2 is 2.22 bits per heavy atom. The first-order valence-electron chi connectivity index (χ1n) is 8.18. The second kappa shape index (κ2) is 8.33. The lowest BCUT2D eigenvalue weighted by atomic mass is 10.2. The molecular weight excluding hydrogens is 366 g/mol. The van der Waals surface area contributed by atoms with Gasteiger partial charge in [-0.25, -0.2) is 9.78 Å². The van der Waals surface area contributed by atoms with Crippen molar-refractivity contribution in [1.29, 1.82) is 0 Å². The van der Waals surface area contributed by atoms with Gasteiger partial charge < -0.3 is 16.0 Å². The third-order valence-corrected chi connectivity index (χ3v) is 4.64. The molecule has 138 valence electrons. The van der Waals surface area contributed by atoms with E-state index in [1.807, 2.05) is 0 Å². The van der Waals surface area contributed by atoms with Crippen LogP contribution >= 0.6 is 11.3 Å². The minimum atomic E-state index is -0.356. The van der Waals surface area contributed by atoms with Crippen LogP contribution in [-0.2, 0) is 16.0 Å². The molecule has 0 spiro atoms. The molecule has 1 aliphatic heterocycles. The number of nitrogens with zero attached hydrogens (tertiary/aromatic N) is 2. The van der Waals surface area contributed by atoms with Gasteiger partial charge in [-0.2, -0.15) is 0 Å². The first-order valence-corrected chi connectivity index (χ1v) is 9.06. The Kier molecular flexibility index (Phi) is 5.68.